The van der Waals surface area contributed by atoms with Gasteiger partial charge in [0, 0.05) is 16.4 Å². The van der Waals surface area contributed by atoms with Gasteiger partial charge in [0.15, 0.2) is 4.93 Å². The fourth-order valence-corrected chi connectivity index (χ4v) is 5.08. The molecular weight excluding hydrogens is 416 g/mol. The lowest BCUT2D eigenvalue weighted by molar-refractivity contribution is -0.153. The third-order valence-electron chi connectivity index (χ3n) is 5.42. The summed E-state index contributed by atoms with van der Waals surface area (Å²) in [6, 6.07) is 16.6. The van der Waals surface area contributed by atoms with Crippen LogP contribution in [0.25, 0.3) is 0 Å². The second-order valence-electron chi connectivity index (χ2n) is 7.79. The smallest absolute Gasteiger partial charge is 0.311 e. The molecule has 0 spiro atoms. The molecule has 3 rings (SSSR count). The molecule has 0 aliphatic carbocycles. The van der Waals surface area contributed by atoms with Crippen LogP contribution in [0.2, 0.25) is 0 Å². The third-order valence-corrected chi connectivity index (χ3v) is 7.76. The van der Waals surface area contributed by atoms with Crippen LogP contribution in [-0.2, 0) is 19.2 Å². The first kappa shape index (κ1) is 23.0. The quantitative estimate of drug-likeness (QED) is 0.278. The standard InChI is InChI=1S/C24H30O4S2/c1-5-23(2,3)22(25)27-14-16-29-21-12-8-19(9-13-21)24(28-15-17-30-24)18-6-10-20(26-4)11-7-18/h6-13H,5,14-17H2,1-4H3. The Labute approximate surface area is 188 Å². The van der Waals surface area contributed by atoms with E-state index in [1.54, 1.807) is 18.9 Å². The number of ether oxygens (including phenoxy) is 3. The van der Waals surface area contributed by atoms with Crippen LogP contribution in [0.3, 0.4) is 0 Å². The molecule has 0 bridgehead atoms. The molecule has 30 heavy (non-hydrogen) atoms. The van der Waals surface area contributed by atoms with E-state index in [1.165, 1.54) is 0 Å². The van der Waals surface area contributed by atoms with E-state index in [0.29, 0.717) is 6.61 Å². The lowest BCUT2D eigenvalue weighted by atomic mass is 9.91. The maximum absolute atomic E-state index is 12.1. The predicted molar refractivity (Wildman–Crippen MR) is 124 cm³/mol. The van der Waals surface area contributed by atoms with Crippen molar-refractivity contribution in [3.8, 4) is 5.75 Å². The molecule has 1 atom stereocenters. The molecule has 6 heteroatoms. The van der Waals surface area contributed by atoms with Crippen LogP contribution >= 0.6 is 23.5 Å². The van der Waals surface area contributed by atoms with Gasteiger partial charge in [-0.1, -0.05) is 31.2 Å². The van der Waals surface area contributed by atoms with Crippen LogP contribution < -0.4 is 4.74 Å². The highest BCUT2D eigenvalue weighted by molar-refractivity contribution is 8.00. The van der Waals surface area contributed by atoms with E-state index in [4.69, 9.17) is 14.2 Å². The van der Waals surface area contributed by atoms with Crippen molar-refractivity contribution >= 4 is 29.5 Å². The Morgan fingerprint density at radius 3 is 2.30 bits per heavy atom. The fraction of sp³-hybridized carbons (Fsp3) is 0.458. The zero-order valence-electron chi connectivity index (χ0n) is 18.1. The number of benzene rings is 2. The average Bonchev–Trinajstić information content (AvgIpc) is 3.28. The van der Waals surface area contributed by atoms with Crippen molar-refractivity contribution in [2.45, 2.75) is 37.0 Å². The van der Waals surface area contributed by atoms with Crippen molar-refractivity contribution < 1.29 is 19.0 Å². The molecule has 2 aromatic rings. The van der Waals surface area contributed by atoms with Crippen LogP contribution in [0.15, 0.2) is 53.4 Å². The Kier molecular flexibility index (Phi) is 7.77. The lowest BCUT2D eigenvalue weighted by Gasteiger charge is -2.29. The highest BCUT2D eigenvalue weighted by Gasteiger charge is 2.39. The average molecular weight is 447 g/mol. The zero-order chi connectivity index (χ0) is 21.6. The minimum absolute atomic E-state index is 0.127. The van der Waals surface area contributed by atoms with Gasteiger partial charge < -0.3 is 14.2 Å². The molecule has 1 aliphatic rings. The van der Waals surface area contributed by atoms with Gasteiger partial charge in [0.05, 0.1) is 19.1 Å². The summed E-state index contributed by atoms with van der Waals surface area (Å²) >= 11 is 3.51. The topological polar surface area (TPSA) is 44.8 Å². The number of hydrogen-bond donors (Lipinski definition) is 0. The van der Waals surface area contributed by atoms with E-state index in [0.717, 1.165) is 46.3 Å². The summed E-state index contributed by atoms with van der Waals surface area (Å²) in [4.78, 5) is 12.7. The van der Waals surface area contributed by atoms with Crippen molar-refractivity contribution in [1.82, 2.24) is 0 Å². The Bertz CT molecular complexity index is 825. The Balaban J connectivity index is 1.63. The molecule has 0 amide bonds. The van der Waals surface area contributed by atoms with Gasteiger partial charge in [-0.2, -0.15) is 0 Å². The molecule has 1 unspecified atom stereocenters. The van der Waals surface area contributed by atoms with Gasteiger partial charge in [-0.05, 0) is 55.7 Å². The molecule has 162 valence electrons. The summed E-state index contributed by atoms with van der Waals surface area (Å²) in [6.07, 6.45) is 0.774. The normalized spacial score (nSPS) is 18.9. The van der Waals surface area contributed by atoms with Crippen LogP contribution in [-0.4, -0.2) is 37.8 Å². The van der Waals surface area contributed by atoms with Crippen LogP contribution in [0.5, 0.6) is 5.75 Å². The zero-order valence-corrected chi connectivity index (χ0v) is 19.7. The molecule has 1 aliphatic heterocycles. The van der Waals surface area contributed by atoms with Crippen molar-refractivity contribution in [3.05, 3.63) is 59.7 Å². The number of thioether (sulfide) groups is 2. The van der Waals surface area contributed by atoms with Gasteiger partial charge in [-0.3, -0.25) is 4.79 Å². The van der Waals surface area contributed by atoms with Gasteiger partial charge in [0.25, 0.3) is 0 Å². The molecule has 0 aromatic heterocycles. The minimum atomic E-state index is -0.475. The van der Waals surface area contributed by atoms with E-state index in [1.807, 2.05) is 44.7 Å². The van der Waals surface area contributed by atoms with Gasteiger partial charge in [0.2, 0.25) is 0 Å². The molecule has 0 radical (unpaired) electrons. The number of methoxy groups -OCH3 is 1. The summed E-state index contributed by atoms with van der Waals surface area (Å²) in [5.74, 6) is 2.41. The van der Waals surface area contributed by atoms with Crippen molar-refractivity contribution in [3.63, 3.8) is 0 Å². The number of rotatable bonds is 9. The summed E-state index contributed by atoms with van der Waals surface area (Å²) < 4.78 is 17.0. The first-order valence-corrected chi connectivity index (χ1v) is 12.2. The first-order chi connectivity index (χ1) is 14.4. The number of hydrogen-bond acceptors (Lipinski definition) is 6. The van der Waals surface area contributed by atoms with E-state index < -0.39 is 10.3 Å². The summed E-state index contributed by atoms with van der Waals surface area (Å²) in [5, 5.41) is 0. The summed E-state index contributed by atoms with van der Waals surface area (Å²) in [6.45, 7) is 6.99. The van der Waals surface area contributed by atoms with E-state index >= 15 is 0 Å². The third kappa shape index (κ3) is 5.16. The highest BCUT2D eigenvalue weighted by Crippen LogP contribution is 2.48. The maximum Gasteiger partial charge on any atom is 0.311 e. The Morgan fingerprint density at radius 2 is 1.77 bits per heavy atom. The van der Waals surface area contributed by atoms with Crippen molar-refractivity contribution in [1.29, 1.82) is 0 Å². The Morgan fingerprint density at radius 1 is 1.13 bits per heavy atom. The van der Waals surface area contributed by atoms with Crippen LogP contribution in [0, 0.1) is 5.41 Å². The number of esters is 1. The van der Waals surface area contributed by atoms with Crippen LogP contribution in [0.1, 0.15) is 38.3 Å². The molecule has 0 saturated carbocycles. The maximum atomic E-state index is 12.1. The molecule has 1 fully saturated rings. The highest BCUT2D eigenvalue weighted by atomic mass is 32.2. The van der Waals surface area contributed by atoms with Crippen molar-refractivity contribution in [2.24, 2.45) is 5.41 Å². The van der Waals surface area contributed by atoms with E-state index in [2.05, 4.69) is 36.4 Å². The largest absolute Gasteiger partial charge is 0.497 e. The van der Waals surface area contributed by atoms with Gasteiger partial charge in [0.1, 0.15) is 12.4 Å². The van der Waals surface area contributed by atoms with Gasteiger partial charge in [-0.15, -0.1) is 23.5 Å². The predicted octanol–water partition coefficient (Wildman–Crippen LogP) is 5.73. The number of carbonyl (C=O) groups excluding carboxylic acids is 1. The first-order valence-electron chi connectivity index (χ1n) is 10.2. The summed E-state index contributed by atoms with van der Waals surface area (Å²) in [5.41, 5.74) is 1.84. The monoisotopic (exact) mass is 446 g/mol. The fourth-order valence-electron chi connectivity index (χ4n) is 3.13. The molecular formula is C24H30O4S2. The second kappa shape index (κ2) is 10.1. The molecule has 1 heterocycles. The SMILES string of the molecule is CCC(C)(C)C(=O)OCCSc1ccc(C2(c3ccc(OC)cc3)OCCS2)cc1. The summed E-state index contributed by atoms with van der Waals surface area (Å²) in [7, 11) is 1.67. The van der Waals surface area contributed by atoms with Crippen LogP contribution in [0.4, 0.5) is 0 Å². The van der Waals surface area contributed by atoms with Gasteiger partial charge >= 0.3 is 5.97 Å². The van der Waals surface area contributed by atoms with Gasteiger partial charge in [-0.25, -0.2) is 0 Å². The molecule has 2 aromatic carbocycles. The number of carbonyl (C=O) groups is 1. The second-order valence-corrected chi connectivity index (χ2v) is 10.2. The van der Waals surface area contributed by atoms with Crippen molar-refractivity contribution in [2.75, 3.05) is 31.8 Å². The van der Waals surface area contributed by atoms with E-state index in [9.17, 15) is 4.79 Å². The van der Waals surface area contributed by atoms with E-state index in [-0.39, 0.29) is 5.97 Å². The molecule has 0 N–H and O–H groups in total. The lowest BCUT2D eigenvalue weighted by Crippen LogP contribution is -2.26. The molecule has 4 nitrogen and oxygen atoms in total. The minimum Gasteiger partial charge on any atom is -0.497 e. The molecule has 1 saturated heterocycles. The Hall–Kier alpha value is -1.63.